The standard InChI is InChI=1S/C27H28B2/c1-4-10-22-15-17-23(18-16-22)19-20-28-24-11-6-8-13-26(24)29(21(3)5-2)27-14-9-7-12-25(27)28/h4,6-21H,5H2,1-3H3/b10-4+,20-19+. The van der Waals surface area contributed by atoms with Crippen LogP contribution >= 0.6 is 0 Å². The van der Waals surface area contributed by atoms with E-state index in [2.05, 4.69) is 118 Å². The molecule has 0 bridgehead atoms. The predicted octanol–water partition coefficient (Wildman–Crippen LogP) is 4.30. The molecule has 29 heavy (non-hydrogen) atoms. The van der Waals surface area contributed by atoms with Crippen molar-refractivity contribution in [1.82, 2.24) is 0 Å². The summed E-state index contributed by atoms with van der Waals surface area (Å²) in [6.45, 7) is 7.54. The highest BCUT2D eigenvalue weighted by atomic mass is 14.1. The Morgan fingerprint density at radius 3 is 1.69 bits per heavy atom. The van der Waals surface area contributed by atoms with Crippen molar-refractivity contribution >= 4 is 47.4 Å². The lowest BCUT2D eigenvalue weighted by atomic mass is 9.21. The molecule has 4 rings (SSSR count). The SMILES string of the molecule is C/C=C/c1ccc(/C=C/B2c3ccccc3B(C(C)CC)c3ccccc32)cc1. The number of allylic oxidation sites excluding steroid dienone is 1. The summed E-state index contributed by atoms with van der Waals surface area (Å²) >= 11 is 0. The van der Waals surface area contributed by atoms with Gasteiger partial charge in [-0.1, -0.05) is 139 Å². The maximum absolute atomic E-state index is 2.39. The van der Waals surface area contributed by atoms with E-state index in [0.717, 1.165) is 0 Å². The summed E-state index contributed by atoms with van der Waals surface area (Å²) in [5.74, 6) is 3.01. The van der Waals surface area contributed by atoms with Gasteiger partial charge < -0.3 is 0 Å². The Labute approximate surface area is 176 Å². The van der Waals surface area contributed by atoms with Crippen molar-refractivity contribution in [3.8, 4) is 0 Å². The van der Waals surface area contributed by atoms with Crippen LogP contribution in [0.25, 0.3) is 12.2 Å². The van der Waals surface area contributed by atoms with Gasteiger partial charge in [0.15, 0.2) is 0 Å². The fourth-order valence-corrected chi connectivity index (χ4v) is 4.66. The summed E-state index contributed by atoms with van der Waals surface area (Å²) < 4.78 is 0. The van der Waals surface area contributed by atoms with Gasteiger partial charge in [-0.15, -0.1) is 5.98 Å². The van der Waals surface area contributed by atoms with Gasteiger partial charge in [0, 0.05) is 0 Å². The molecule has 3 aromatic carbocycles. The highest BCUT2D eigenvalue weighted by Crippen LogP contribution is 2.16. The van der Waals surface area contributed by atoms with Crippen LogP contribution in [-0.2, 0) is 0 Å². The fraction of sp³-hybridized carbons (Fsp3) is 0.185. The Kier molecular flexibility index (Phi) is 5.90. The van der Waals surface area contributed by atoms with Gasteiger partial charge in [0.25, 0.3) is 0 Å². The Morgan fingerprint density at radius 1 is 0.724 bits per heavy atom. The van der Waals surface area contributed by atoms with E-state index in [-0.39, 0.29) is 0 Å². The monoisotopic (exact) mass is 374 g/mol. The van der Waals surface area contributed by atoms with Crippen molar-refractivity contribution < 1.29 is 0 Å². The molecular weight excluding hydrogens is 346 g/mol. The van der Waals surface area contributed by atoms with E-state index in [4.69, 9.17) is 0 Å². The summed E-state index contributed by atoms with van der Waals surface area (Å²) in [4.78, 5) is 0. The second-order valence-electron chi connectivity index (χ2n) is 8.12. The predicted molar refractivity (Wildman–Crippen MR) is 133 cm³/mol. The van der Waals surface area contributed by atoms with Gasteiger partial charge in [0.2, 0.25) is 13.4 Å². The Bertz CT molecular complexity index is 983. The molecule has 0 nitrogen and oxygen atoms in total. The second-order valence-corrected chi connectivity index (χ2v) is 8.12. The van der Waals surface area contributed by atoms with Crippen molar-refractivity contribution in [2.24, 2.45) is 0 Å². The van der Waals surface area contributed by atoms with Crippen LogP contribution in [-0.4, -0.2) is 13.4 Å². The third-order valence-electron chi connectivity index (χ3n) is 6.32. The minimum absolute atomic E-state index is 0.304. The minimum Gasteiger partial charge on any atom is -0.105 e. The van der Waals surface area contributed by atoms with Crippen LogP contribution in [0.2, 0.25) is 5.82 Å². The van der Waals surface area contributed by atoms with E-state index in [9.17, 15) is 0 Å². The van der Waals surface area contributed by atoms with Crippen LogP contribution in [0, 0.1) is 0 Å². The topological polar surface area (TPSA) is 0 Å². The molecule has 0 saturated heterocycles. The Morgan fingerprint density at radius 2 is 1.21 bits per heavy atom. The van der Waals surface area contributed by atoms with Crippen molar-refractivity contribution in [2.45, 2.75) is 33.0 Å². The fourth-order valence-electron chi connectivity index (χ4n) is 4.66. The molecule has 1 heterocycles. The third-order valence-corrected chi connectivity index (χ3v) is 6.32. The van der Waals surface area contributed by atoms with Crippen LogP contribution in [0.3, 0.4) is 0 Å². The lowest BCUT2D eigenvalue weighted by Crippen LogP contribution is -2.69. The normalized spacial score (nSPS) is 14.3. The van der Waals surface area contributed by atoms with E-state index in [1.165, 1.54) is 39.4 Å². The quantitative estimate of drug-likeness (QED) is 0.584. The molecule has 0 N–H and O–H groups in total. The zero-order valence-electron chi connectivity index (χ0n) is 17.7. The van der Waals surface area contributed by atoms with Crippen LogP contribution < -0.4 is 21.9 Å². The van der Waals surface area contributed by atoms with Crippen molar-refractivity contribution in [2.75, 3.05) is 0 Å². The van der Waals surface area contributed by atoms with E-state index >= 15 is 0 Å². The molecule has 3 aromatic rings. The van der Waals surface area contributed by atoms with E-state index in [1.807, 2.05) is 0 Å². The molecule has 2 heteroatoms. The van der Waals surface area contributed by atoms with E-state index in [1.54, 1.807) is 0 Å². The van der Waals surface area contributed by atoms with E-state index in [0.29, 0.717) is 19.2 Å². The molecule has 0 radical (unpaired) electrons. The number of rotatable bonds is 5. The molecule has 0 spiro atoms. The van der Waals surface area contributed by atoms with Gasteiger partial charge in [0.05, 0.1) is 0 Å². The lowest BCUT2D eigenvalue weighted by Gasteiger charge is -2.33. The van der Waals surface area contributed by atoms with Gasteiger partial charge >= 0.3 is 0 Å². The highest BCUT2D eigenvalue weighted by Gasteiger charge is 2.37. The van der Waals surface area contributed by atoms with Gasteiger partial charge in [-0.3, -0.25) is 0 Å². The first-order valence-electron chi connectivity index (χ1n) is 10.8. The van der Waals surface area contributed by atoms with Crippen LogP contribution in [0.15, 0.2) is 84.8 Å². The van der Waals surface area contributed by atoms with Gasteiger partial charge in [0.1, 0.15) is 0 Å². The average Bonchev–Trinajstić information content (AvgIpc) is 2.77. The summed E-state index contributed by atoms with van der Waals surface area (Å²) in [5, 5.41) is 0. The first-order chi connectivity index (χ1) is 14.2. The number of benzene rings is 3. The molecule has 1 unspecified atom stereocenters. The molecule has 1 aliphatic heterocycles. The Balaban J connectivity index is 1.76. The molecule has 142 valence electrons. The van der Waals surface area contributed by atoms with Crippen LogP contribution in [0.5, 0.6) is 0 Å². The molecule has 1 atom stereocenters. The van der Waals surface area contributed by atoms with Gasteiger partial charge in [-0.2, -0.15) is 0 Å². The number of hydrogen-bond acceptors (Lipinski definition) is 0. The summed E-state index contributed by atoms with van der Waals surface area (Å²) in [6, 6.07) is 26.9. The summed E-state index contributed by atoms with van der Waals surface area (Å²) in [7, 11) is 0. The van der Waals surface area contributed by atoms with Gasteiger partial charge in [-0.05, 0) is 18.1 Å². The van der Waals surface area contributed by atoms with Gasteiger partial charge in [-0.25, -0.2) is 0 Å². The molecule has 0 amide bonds. The molecule has 0 aromatic heterocycles. The Hall–Kier alpha value is -2.73. The number of fused-ring (bicyclic) bond motifs is 2. The lowest BCUT2D eigenvalue weighted by molar-refractivity contribution is 0.866. The molecule has 0 fully saturated rings. The highest BCUT2D eigenvalue weighted by molar-refractivity contribution is 7.05. The van der Waals surface area contributed by atoms with E-state index < -0.39 is 0 Å². The summed E-state index contributed by atoms with van der Waals surface area (Å²) in [5.41, 5.74) is 8.40. The molecule has 0 aliphatic carbocycles. The maximum Gasteiger partial charge on any atom is 0.232 e. The van der Waals surface area contributed by atoms with Crippen molar-refractivity contribution in [1.29, 1.82) is 0 Å². The second kappa shape index (κ2) is 8.74. The maximum atomic E-state index is 2.39. The molecular formula is C27H28B2. The molecule has 0 saturated carbocycles. The smallest absolute Gasteiger partial charge is 0.105 e. The first kappa shape index (κ1) is 19.6. The summed E-state index contributed by atoms with van der Waals surface area (Å²) in [6.07, 6.45) is 7.68. The minimum atomic E-state index is 0.304. The zero-order valence-corrected chi connectivity index (χ0v) is 17.7. The largest absolute Gasteiger partial charge is 0.232 e. The third kappa shape index (κ3) is 3.90. The average molecular weight is 374 g/mol. The molecule has 1 aliphatic rings. The van der Waals surface area contributed by atoms with Crippen molar-refractivity contribution in [3.63, 3.8) is 0 Å². The first-order valence-corrected chi connectivity index (χ1v) is 10.8. The van der Waals surface area contributed by atoms with Crippen LogP contribution in [0.4, 0.5) is 0 Å². The zero-order chi connectivity index (χ0) is 20.2. The number of hydrogen-bond donors (Lipinski definition) is 0. The van der Waals surface area contributed by atoms with Crippen molar-refractivity contribution in [3.05, 3.63) is 96.0 Å². The van der Waals surface area contributed by atoms with Crippen LogP contribution in [0.1, 0.15) is 38.3 Å².